The lowest BCUT2D eigenvalue weighted by Crippen LogP contribution is -2.28. The highest BCUT2D eigenvalue weighted by Gasteiger charge is 2.12. The summed E-state index contributed by atoms with van der Waals surface area (Å²) in [6.45, 7) is 2.32. The lowest BCUT2D eigenvalue weighted by Gasteiger charge is -2.12. The van der Waals surface area contributed by atoms with E-state index in [2.05, 4.69) is 21.2 Å². The number of nitrogens with one attached hydrogen (secondary N) is 1. The van der Waals surface area contributed by atoms with Crippen molar-refractivity contribution < 1.29 is 14.7 Å². The summed E-state index contributed by atoms with van der Waals surface area (Å²) in [4.78, 5) is 22.4. The van der Waals surface area contributed by atoms with E-state index in [9.17, 15) is 9.59 Å². The van der Waals surface area contributed by atoms with Crippen LogP contribution in [0.25, 0.3) is 0 Å². The molecule has 0 radical (unpaired) electrons. The van der Waals surface area contributed by atoms with Gasteiger partial charge >= 0.3 is 5.97 Å². The van der Waals surface area contributed by atoms with Gasteiger partial charge in [0.2, 0.25) is 0 Å². The molecule has 1 aromatic carbocycles. The lowest BCUT2D eigenvalue weighted by molar-refractivity contribution is -0.137. The molecule has 4 nitrogen and oxygen atoms in total. The molecule has 0 heterocycles. The van der Waals surface area contributed by atoms with Gasteiger partial charge in [0.05, 0.1) is 10.6 Å². The fourth-order valence-electron chi connectivity index (χ4n) is 1.51. The normalized spacial score (nSPS) is 11.9. The van der Waals surface area contributed by atoms with E-state index in [1.54, 1.807) is 18.2 Å². The van der Waals surface area contributed by atoms with Crippen LogP contribution in [0.4, 0.5) is 0 Å². The van der Waals surface area contributed by atoms with Crippen molar-refractivity contribution in [2.24, 2.45) is 5.92 Å². The first kappa shape index (κ1) is 16.0. The molecule has 0 saturated heterocycles. The Hall–Kier alpha value is -1.07. The van der Waals surface area contributed by atoms with Gasteiger partial charge < -0.3 is 10.4 Å². The summed E-state index contributed by atoms with van der Waals surface area (Å²) in [5, 5.41) is 11.7. The summed E-state index contributed by atoms with van der Waals surface area (Å²) in [6.07, 6.45) is 0.635. The molecule has 0 spiro atoms. The highest BCUT2D eigenvalue weighted by molar-refractivity contribution is 9.10. The SMILES string of the molecule is CC(CCC(=O)O)CNC(=O)c1cc(Br)ccc1Cl. The highest BCUT2D eigenvalue weighted by Crippen LogP contribution is 2.20. The summed E-state index contributed by atoms with van der Waals surface area (Å²) in [5.74, 6) is -0.979. The summed E-state index contributed by atoms with van der Waals surface area (Å²) in [7, 11) is 0. The second-order valence-electron chi connectivity index (χ2n) is 4.37. The number of carbonyl (C=O) groups is 2. The number of hydrogen-bond donors (Lipinski definition) is 2. The third kappa shape index (κ3) is 5.61. The molecule has 19 heavy (non-hydrogen) atoms. The molecule has 1 atom stereocenters. The van der Waals surface area contributed by atoms with Gasteiger partial charge in [-0.3, -0.25) is 9.59 Å². The van der Waals surface area contributed by atoms with Crippen molar-refractivity contribution in [1.29, 1.82) is 0 Å². The molecular weight excluding hydrogens is 334 g/mol. The molecular formula is C13H15BrClNO3. The molecule has 104 valence electrons. The number of carbonyl (C=O) groups excluding carboxylic acids is 1. The Morgan fingerprint density at radius 3 is 2.79 bits per heavy atom. The van der Waals surface area contributed by atoms with Crippen molar-refractivity contribution in [3.8, 4) is 0 Å². The van der Waals surface area contributed by atoms with E-state index in [1.165, 1.54) is 0 Å². The van der Waals surface area contributed by atoms with E-state index in [0.29, 0.717) is 23.6 Å². The number of benzene rings is 1. The van der Waals surface area contributed by atoms with Crippen molar-refractivity contribution in [3.05, 3.63) is 33.3 Å². The molecule has 6 heteroatoms. The van der Waals surface area contributed by atoms with Gasteiger partial charge in [0, 0.05) is 17.4 Å². The molecule has 0 aliphatic heterocycles. The number of halogens is 2. The Labute approximate surface area is 125 Å². The average Bonchev–Trinajstić information content (AvgIpc) is 2.36. The van der Waals surface area contributed by atoms with Crippen molar-refractivity contribution in [3.63, 3.8) is 0 Å². The van der Waals surface area contributed by atoms with Gasteiger partial charge in [-0.25, -0.2) is 0 Å². The zero-order valence-corrected chi connectivity index (χ0v) is 12.8. The first-order valence-corrected chi connectivity index (χ1v) is 7.02. The first-order valence-electron chi connectivity index (χ1n) is 5.85. The Kier molecular flexibility index (Phi) is 6.31. The fraction of sp³-hybridized carbons (Fsp3) is 0.385. The van der Waals surface area contributed by atoms with Crippen LogP contribution in [0, 0.1) is 5.92 Å². The maximum absolute atomic E-state index is 11.9. The number of carboxylic acid groups (broad SMARTS) is 1. The Bertz CT molecular complexity index is 479. The first-order chi connectivity index (χ1) is 8.90. The van der Waals surface area contributed by atoms with E-state index >= 15 is 0 Å². The van der Waals surface area contributed by atoms with Crippen LogP contribution in [0.2, 0.25) is 5.02 Å². The van der Waals surface area contributed by atoms with Crippen LogP contribution in [0.5, 0.6) is 0 Å². The summed E-state index contributed by atoms with van der Waals surface area (Å²) in [6, 6.07) is 5.06. The Morgan fingerprint density at radius 2 is 2.16 bits per heavy atom. The predicted molar refractivity (Wildman–Crippen MR) is 77.5 cm³/mol. The molecule has 1 amide bonds. The zero-order chi connectivity index (χ0) is 14.4. The van der Waals surface area contributed by atoms with Gasteiger partial charge in [-0.05, 0) is 30.5 Å². The molecule has 0 aliphatic carbocycles. The van der Waals surface area contributed by atoms with Crippen LogP contribution in [0.15, 0.2) is 22.7 Å². The van der Waals surface area contributed by atoms with E-state index < -0.39 is 5.97 Å². The smallest absolute Gasteiger partial charge is 0.303 e. The predicted octanol–water partition coefficient (Wildman–Crippen LogP) is 3.33. The van der Waals surface area contributed by atoms with Crippen LogP contribution in [0.1, 0.15) is 30.1 Å². The Balaban J connectivity index is 2.51. The van der Waals surface area contributed by atoms with Crippen LogP contribution in [-0.4, -0.2) is 23.5 Å². The Morgan fingerprint density at radius 1 is 1.47 bits per heavy atom. The lowest BCUT2D eigenvalue weighted by atomic mass is 10.1. The standard InChI is InChI=1S/C13H15BrClNO3/c1-8(2-5-12(17)18)7-16-13(19)10-6-9(14)3-4-11(10)15/h3-4,6,8H,2,5,7H2,1H3,(H,16,19)(H,17,18). The monoisotopic (exact) mass is 347 g/mol. The number of hydrogen-bond acceptors (Lipinski definition) is 2. The number of amides is 1. The maximum atomic E-state index is 11.9. The molecule has 1 aromatic rings. The van der Waals surface area contributed by atoms with Gasteiger partial charge in [-0.1, -0.05) is 34.5 Å². The zero-order valence-electron chi connectivity index (χ0n) is 10.5. The van der Waals surface area contributed by atoms with Crippen LogP contribution < -0.4 is 5.32 Å². The second kappa shape index (κ2) is 7.50. The van der Waals surface area contributed by atoms with Crippen molar-refractivity contribution >= 4 is 39.4 Å². The van der Waals surface area contributed by atoms with Gasteiger partial charge in [0.15, 0.2) is 0 Å². The molecule has 1 rings (SSSR count). The molecule has 0 bridgehead atoms. The molecule has 0 aliphatic rings. The highest BCUT2D eigenvalue weighted by atomic mass is 79.9. The minimum absolute atomic E-state index is 0.103. The largest absolute Gasteiger partial charge is 0.481 e. The summed E-state index contributed by atoms with van der Waals surface area (Å²) < 4.78 is 0.779. The van der Waals surface area contributed by atoms with E-state index in [4.69, 9.17) is 16.7 Å². The molecule has 0 fully saturated rings. The van der Waals surface area contributed by atoms with E-state index in [0.717, 1.165) is 4.47 Å². The van der Waals surface area contributed by atoms with Crippen molar-refractivity contribution in [2.45, 2.75) is 19.8 Å². The van der Waals surface area contributed by atoms with Gasteiger partial charge in [-0.2, -0.15) is 0 Å². The third-order valence-corrected chi connectivity index (χ3v) is 3.46. The summed E-state index contributed by atoms with van der Waals surface area (Å²) >= 11 is 9.23. The van der Waals surface area contributed by atoms with Crippen LogP contribution in [0.3, 0.4) is 0 Å². The summed E-state index contributed by atoms with van der Waals surface area (Å²) in [5.41, 5.74) is 0.404. The number of aliphatic carboxylic acids is 1. The second-order valence-corrected chi connectivity index (χ2v) is 5.69. The van der Waals surface area contributed by atoms with Gasteiger partial charge in [0.1, 0.15) is 0 Å². The fourth-order valence-corrected chi connectivity index (χ4v) is 2.07. The van der Waals surface area contributed by atoms with E-state index in [1.807, 2.05) is 6.92 Å². The molecule has 0 saturated carbocycles. The van der Waals surface area contributed by atoms with Crippen molar-refractivity contribution in [2.75, 3.05) is 6.54 Å². The molecule has 0 aromatic heterocycles. The van der Waals surface area contributed by atoms with Crippen LogP contribution in [-0.2, 0) is 4.79 Å². The van der Waals surface area contributed by atoms with E-state index in [-0.39, 0.29) is 18.2 Å². The van der Waals surface area contributed by atoms with Gasteiger partial charge in [-0.15, -0.1) is 0 Å². The van der Waals surface area contributed by atoms with Crippen LogP contribution >= 0.6 is 27.5 Å². The topological polar surface area (TPSA) is 66.4 Å². The third-order valence-electron chi connectivity index (χ3n) is 2.64. The average molecular weight is 349 g/mol. The molecule has 2 N–H and O–H groups in total. The molecule has 1 unspecified atom stereocenters. The maximum Gasteiger partial charge on any atom is 0.303 e. The van der Waals surface area contributed by atoms with Gasteiger partial charge in [0.25, 0.3) is 5.91 Å². The number of rotatable bonds is 6. The number of carboxylic acids is 1. The minimum atomic E-state index is -0.826. The quantitative estimate of drug-likeness (QED) is 0.828. The van der Waals surface area contributed by atoms with Crippen molar-refractivity contribution in [1.82, 2.24) is 5.32 Å². The minimum Gasteiger partial charge on any atom is -0.481 e.